The summed E-state index contributed by atoms with van der Waals surface area (Å²) < 4.78 is 12.8. The third kappa shape index (κ3) is 6.23. The average molecular weight is 547 g/mol. The number of nitrogens with one attached hydrogen (secondary N) is 1. The predicted octanol–water partition coefficient (Wildman–Crippen LogP) is 5.16. The Balaban J connectivity index is 1.35. The summed E-state index contributed by atoms with van der Waals surface area (Å²) in [6, 6.07) is 12.9. The van der Waals surface area contributed by atoms with Gasteiger partial charge in [0.05, 0.1) is 17.6 Å². The predicted molar refractivity (Wildman–Crippen MR) is 138 cm³/mol. The summed E-state index contributed by atoms with van der Waals surface area (Å²) in [5, 5.41) is 2.82. The minimum Gasteiger partial charge on any atom is -0.484 e. The SMILES string of the molecule is Cc1cc(NC(=O)COc2cccc(/C=C3\SC(=S)N(C[C@H]4CCCO4)C3=O)c2)ccc1Br. The number of thioether (sulfide) groups is 1. The van der Waals surface area contributed by atoms with E-state index in [1.807, 2.05) is 37.3 Å². The molecule has 2 saturated heterocycles. The molecular formula is C24H23BrN2O4S2. The van der Waals surface area contributed by atoms with Gasteiger partial charge in [0.25, 0.3) is 11.8 Å². The fourth-order valence-electron chi connectivity index (χ4n) is 3.56. The Morgan fingerprint density at radius 2 is 2.21 bits per heavy atom. The second-order valence-corrected chi connectivity index (χ2v) is 10.3. The number of hydrogen-bond donors (Lipinski definition) is 1. The maximum atomic E-state index is 12.8. The molecule has 2 aromatic rings. The monoisotopic (exact) mass is 546 g/mol. The first-order chi connectivity index (χ1) is 15.9. The van der Waals surface area contributed by atoms with Crippen LogP contribution in [0.1, 0.15) is 24.0 Å². The number of rotatable bonds is 7. The van der Waals surface area contributed by atoms with Crippen molar-refractivity contribution >= 4 is 67.8 Å². The molecule has 1 N–H and O–H groups in total. The van der Waals surface area contributed by atoms with Crippen molar-refractivity contribution in [3.05, 3.63) is 63.0 Å². The van der Waals surface area contributed by atoms with Gasteiger partial charge in [-0.1, -0.05) is 52.0 Å². The largest absolute Gasteiger partial charge is 0.484 e. The van der Waals surface area contributed by atoms with Gasteiger partial charge in [0.2, 0.25) is 0 Å². The van der Waals surface area contributed by atoms with Crippen molar-refractivity contribution in [2.24, 2.45) is 0 Å². The molecule has 2 aromatic carbocycles. The molecule has 4 rings (SSSR count). The Labute approximate surface area is 210 Å². The van der Waals surface area contributed by atoms with Crippen LogP contribution in [0, 0.1) is 6.92 Å². The van der Waals surface area contributed by atoms with Gasteiger partial charge in [-0.3, -0.25) is 14.5 Å². The third-order valence-corrected chi connectivity index (χ3v) is 7.52. The Bertz CT molecular complexity index is 1120. The first kappa shape index (κ1) is 23.9. The van der Waals surface area contributed by atoms with Crippen molar-refractivity contribution < 1.29 is 19.1 Å². The van der Waals surface area contributed by atoms with Crippen LogP contribution in [0.2, 0.25) is 0 Å². The number of aryl methyl sites for hydroxylation is 1. The molecule has 0 radical (unpaired) electrons. The van der Waals surface area contributed by atoms with Crippen molar-refractivity contribution in [3.63, 3.8) is 0 Å². The molecule has 2 aliphatic heterocycles. The lowest BCUT2D eigenvalue weighted by molar-refractivity contribution is -0.123. The molecule has 0 bridgehead atoms. The number of thiocarbonyl (C=S) groups is 1. The molecule has 0 unspecified atom stereocenters. The molecule has 0 spiro atoms. The zero-order chi connectivity index (χ0) is 23.4. The maximum absolute atomic E-state index is 12.8. The maximum Gasteiger partial charge on any atom is 0.266 e. The van der Waals surface area contributed by atoms with Crippen molar-refractivity contribution in [2.75, 3.05) is 25.1 Å². The Morgan fingerprint density at radius 1 is 1.36 bits per heavy atom. The lowest BCUT2D eigenvalue weighted by atomic mass is 10.2. The molecule has 2 heterocycles. The smallest absolute Gasteiger partial charge is 0.266 e. The molecule has 2 fully saturated rings. The molecule has 33 heavy (non-hydrogen) atoms. The van der Waals surface area contributed by atoms with Crippen molar-refractivity contribution in [3.8, 4) is 5.75 Å². The van der Waals surface area contributed by atoms with E-state index in [-0.39, 0.29) is 24.5 Å². The number of carbonyl (C=O) groups is 2. The highest BCUT2D eigenvalue weighted by Crippen LogP contribution is 2.34. The minimum absolute atomic E-state index is 0.0519. The van der Waals surface area contributed by atoms with Crippen LogP contribution in [0.4, 0.5) is 5.69 Å². The van der Waals surface area contributed by atoms with E-state index in [9.17, 15) is 9.59 Å². The Hall–Kier alpha value is -2.20. The zero-order valence-electron chi connectivity index (χ0n) is 18.0. The summed E-state index contributed by atoms with van der Waals surface area (Å²) >= 11 is 10.1. The van der Waals surface area contributed by atoms with E-state index >= 15 is 0 Å². The topological polar surface area (TPSA) is 67.9 Å². The molecule has 1 atom stereocenters. The van der Waals surface area contributed by atoms with Crippen LogP contribution in [-0.4, -0.2) is 46.9 Å². The van der Waals surface area contributed by atoms with E-state index in [1.165, 1.54) is 11.8 Å². The second-order valence-electron chi connectivity index (χ2n) is 7.80. The van der Waals surface area contributed by atoms with Crippen LogP contribution in [0.25, 0.3) is 6.08 Å². The van der Waals surface area contributed by atoms with Crippen molar-refractivity contribution in [1.82, 2.24) is 4.90 Å². The fraction of sp³-hybridized carbons (Fsp3) is 0.292. The third-order valence-electron chi connectivity index (χ3n) is 5.25. The number of hydrogen-bond acceptors (Lipinski definition) is 6. The van der Waals surface area contributed by atoms with Crippen LogP contribution in [0.3, 0.4) is 0 Å². The van der Waals surface area contributed by atoms with Crippen LogP contribution in [-0.2, 0) is 14.3 Å². The number of ether oxygens (including phenoxy) is 2. The molecule has 0 aliphatic carbocycles. The van der Waals surface area contributed by atoms with E-state index in [4.69, 9.17) is 21.7 Å². The highest BCUT2D eigenvalue weighted by atomic mass is 79.9. The van der Waals surface area contributed by atoms with Gasteiger partial charge in [-0.05, 0) is 67.3 Å². The summed E-state index contributed by atoms with van der Waals surface area (Å²) in [5.74, 6) is 0.189. The molecule has 9 heteroatoms. The number of benzene rings is 2. The standard InChI is InChI=1S/C24H23BrN2O4S2/c1-15-10-17(7-8-20(15)25)26-22(28)14-31-18-5-2-4-16(11-18)12-21-23(29)27(24(32)33-21)13-19-6-3-9-30-19/h2,4-5,7-8,10-12,19H,3,6,9,13-14H2,1H3,(H,26,28)/b21-12-/t19-/m1/s1. The second kappa shape index (κ2) is 10.8. The summed E-state index contributed by atoms with van der Waals surface area (Å²) in [5.41, 5.74) is 2.54. The number of halogens is 1. The number of amides is 2. The van der Waals surface area contributed by atoms with Gasteiger partial charge in [0.15, 0.2) is 6.61 Å². The number of anilines is 1. The van der Waals surface area contributed by atoms with Gasteiger partial charge < -0.3 is 14.8 Å². The lowest BCUT2D eigenvalue weighted by Gasteiger charge is -2.18. The molecular weight excluding hydrogens is 524 g/mol. The van der Waals surface area contributed by atoms with Gasteiger partial charge in [-0.15, -0.1) is 0 Å². The molecule has 6 nitrogen and oxygen atoms in total. The van der Waals surface area contributed by atoms with E-state index in [0.717, 1.165) is 35.0 Å². The van der Waals surface area contributed by atoms with Crippen LogP contribution in [0.5, 0.6) is 5.75 Å². The van der Waals surface area contributed by atoms with E-state index in [2.05, 4.69) is 21.2 Å². The Morgan fingerprint density at radius 3 is 2.97 bits per heavy atom. The zero-order valence-corrected chi connectivity index (χ0v) is 21.2. The van der Waals surface area contributed by atoms with Crippen molar-refractivity contribution in [1.29, 1.82) is 0 Å². The molecule has 0 saturated carbocycles. The Kier molecular flexibility index (Phi) is 7.85. The molecule has 2 amide bonds. The number of nitrogens with zero attached hydrogens (tertiary/aromatic N) is 1. The van der Waals surface area contributed by atoms with Gasteiger partial charge in [0, 0.05) is 16.8 Å². The van der Waals surface area contributed by atoms with Gasteiger partial charge in [-0.2, -0.15) is 0 Å². The lowest BCUT2D eigenvalue weighted by Crippen LogP contribution is -2.35. The number of carbonyl (C=O) groups excluding carboxylic acids is 2. The average Bonchev–Trinajstić information content (AvgIpc) is 3.39. The summed E-state index contributed by atoms with van der Waals surface area (Å²) in [7, 11) is 0. The first-order valence-corrected chi connectivity index (χ1v) is 12.6. The van der Waals surface area contributed by atoms with E-state index < -0.39 is 0 Å². The van der Waals surface area contributed by atoms with E-state index in [0.29, 0.717) is 27.2 Å². The fourth-order valence-corrected chi connectivity index (χ4v) is 5.08. The van der Waals surface area contributed by atoms with Gasteiger partial charge in [-0.25, -0.2) is 0 Å². The molecule has 2 aliphatic rings. The molecule has 0 aromatic heterocycles. The summed E-state index contributed by atoms with van der Waals surface area (Å²) in [6.07, 6.45) is 3.82. The summed E-state index contributed by atoms with van der Waals surface area (Å²) in [4.78, 5) is 27.3. The van der Waals surface area contributed by atoms with Crippen LogP contribution in [0.15, 0.2) is 51.8 Å². The van der Waals surface area contributed by atoms with Gasteiger partial charge >= 0.3 is 0 Å². The van der Waals surface area contributed by atoms with Crippen LogP contribution < -0.4 is 10.1 Å². The minimum atomic E-state index is -0.253. The highest BCUT2D eigenvalue weighted by Gasteiger charge is 2.34. The normalized spacial score (nSPS) is 19.4. The first-order valence-electron chi connectivity index (χ1n) is 10.5. The van der Waals surface area contributed by atoms with Crippen molar-refractivity contribution in [2.45, 2.75) is 25.9 Å². The molecule has 172 valence electrons. The quantitative estimate of drug-likeness (QED) is 0.382. The highest BCUT2D eigenvalue weighted by molar-refractivity contribution is 9.10. The van der Waals surface area contributed by atoms with Gasteiger partial charge in [0.1, 0.15) is 10.1 Å². The van der Waals surface area contributed by atoms with Crippen LogP contribution >= 0.6 is 39.9 Å². The van der Waals surface area contributed by atoms with E-state index in [1.54, 1.807) is 23.1 Å². The summed E-state index contributed by atoms with van der Waals surface area (Å²) in [6.45, 7) is 3.07.